The summed E-state index contributed by atoms with van der Waals surface area (Å²) in [4.78, 5) is 0. The maximum Gasteiger partial charge on any atom is 0.135 e. The monoisotopic (exact) mass is 730 g/mol. The van der Waals surface area contributed by atoms with Crippen LogP contribution in [0, 0.1) is 11.8 Å². The van der Waals surface area contributed by atoms with Crippen LogP contribution in [0.25, 0.3) is 34.4 Å². The van der Waals surface area contributed by atoms with Gasteiger partial charge in [-0.25, -0.2) is 0 Å². The third-order valence-corrected chi connectivity index (χ3v) is 13.4. The summed E-state index contributed by atoms with van der Waals surface area (Å²) in [5.41, 5.74) is 16.5. The molecule has 0 radical (unpaired) electrons. The Labute approximate surface area is 331 Å². The number of hydrogen-bond donors (Lipinski definition) is 1. The van der Waals surface area contributed by atoms with Crippen molar-refractivity contribution < 1.29 is 4.42 Å². The standard InChI is InChI=1S/C53H50N2O/c1-3-13-35(14-4-1)48-32-42(33-49(54-48)36-15-5-2-6-16-36)38-18-11-17-37(29-38)40-26-28-51-47(31-40)44-21-7-9-23-50(44)55(51)43-20-12-19-39(30-43)41-25-27-46-45-22-8-10-24-52(45)56-53(46)34-41/h1-6,8,11-13,15,17-18,20,22,25-30,32-36,39-40,48,54H,7,9-10,14,16,19,21,23-24,31H2. The van der Waals surface area contributed by atoms with Crippen molar-refractivity contribution in [3.63, 3.8) is 0 Å². The minimum atomic E-state index is 0.274. The average Bonchev–Trinajstić information content (AvgIpc) is 3.82. The number of fused-ring (bicyclic) bond motifs is 6. The van der Waals surface area contributed by atoms with E-state index >= 15 is 0 Å². The quantitative estimate of drug-likeness (QED) is 0.214. The SMILES string of the molecule is C1=CCC(C2=CC(c3cccc(C4C=Cc5c(c6c(n5C5=CC(c7ccc8c9c(oc8c7)CCC=C9)CC=C5)CCCC6)C4)c3)=CC(C3C=CC=CC3)N2)C=C1. The lowest BCUT2D eigenvalue weighted by Crippen LogP contribution is -2.37. The molecule has 4 aromatic rings. The van der Waals surface area contributed by atoms with Crippen molar-refractivity contribution in [3.05, 3.63) is 190 Å². The van der Waals surface area contributed by atoms with E-state index in [1.54, 1.807) is 16.8 Å². The predicted molar refractivity (Wildman–Crippen MR) is 233 cm³/mol. The Bertz CT molecular complexity index is 2550. The average molecular weight is 731 g/mol. The molecule has 11 rings (SSSR count). The highest BCUT2D eigenvalue weighted by Crippen LogP contribution is 2.43. The molecular formula is C53H50N2O. The summed E-state index contributed by atoms with van der Waals surface area (Å²) in [6.07, 6.45) is 50.9. The summed E-state index contributed by atoms with van der Waals surface area (Å²) in [7, 11) is 0. The third-order valence-electron chi connectivity index (χ3n) is 13.4. The van der Waals surface area contributed by atoms with Gasteiger partial charge in [-0.2, -0.15) is 0 Å². The van der Waals surface area contributed by atoms with Gasteiger partial charge in [-0.3, -0.25) is 0 Å². The molecule has 0 fully saturated rings. The van der Waals surface area contributed by atoms with Gasteiger partial charge in [0.1, 0.15) is 11.3 Å². The second kappa shape index (κ2) is 14.2. The van der Waals surface area contributed by atoms with Crippen molar-refractivity contribution in [2.75, 3.05) is 0 Å². The number of hydrogen-bond acceptors (Lipinski definition) is 2. The summed E-state index contributed by atoms with van der Waals surface area (Å²) < 4.78 is 9.04. The van der Waals surface area contributed by atoms with Crippen LogP contribution in [-0.2, 0) is 25.7 Å². The Morgan fingerprint density at radius 3 is 2.50 bits per heavy atom. The zero-order valence-electron chi connectivity index (χ0n) is 32.2. The van der Waals surface area contributed by atoms with E-state index in [1.165, 1.54) is 69.6 Å². The van der Waals surface area contributed by atoms with Crippen LogP contribution in [-0.4, -0.2) is 10.6 Å². The second-order valence-corrected chi connectivity index (χ2v) is 16.9. The molecule has 278 valence electrons. The maximum atomic E-state index is 6.40. The van der Waals surface area contributed by atoms with Gasteiger partial charge >= 0.3 is 0 Å². The van der Waals surface area contributed by atoms with Gasteiger partial charge in [0.15, 0.2) is 0 Å². The van der Waals surface area contributed by atoms with E-state index in [2.05, 4.69) is 156 Å². The topological polar surface area (TPSA) is 30.1 Å². The fraction of sp³-hybridized carbons (Fsp3) is 0.283. The first-order valence-corrected chi connectivity index (χ1v) is 21.2. The molecule has 0 amide bonds. The Kier molecular flexibility index (Phi) is 8.56. The number of nitrogens with one attached hydrogen (secondary N) is 1. The van der Waals surface area contributed by atoms with Crippen LogP contribution in [0.1, 0.15) is 101 Å². The van der Waals surface area contributed by atoms with E-state index < -0.39 is 0 Å². The van der Waals surface area contributed by atoms with E-state index in [4.69, 9.17) is 4.42 Å². The highest BCUT2D eigenvalue weighted by Gasteiger charge is 2.31. The Morgan fingerprint density at radius 2 is 1.59 bits per heavy atom. The minimum Gasteiger partial charge on any atom is -0.460 e. The third kappa shape index (κ3) is 6.04. The molecule has 3 heteroatoms. The van der Waals surface area contributed by atoms with Crippen LogP contribution in [0.2, 0.25) is 0 Å². The number of aryl methyl sites for hydroxylation is 1. The first kappa shape index (κ1) is 33.8. The Balaban J connectivity index is 0.908. The molecule has 5 unspecified atom stereocenters. The second-order valence-electron chi connectivity index (χ2n) is 16.9. The summed E-state index contributed by atoms with van der Waals surface area (Å²) in [6, 6.07) is 16.7. The molecule has 5 atom stereocenters. The number of nitrogens with zero attached hydrogens (tertiary/aromatic N) is 1. The first-order chi connectivity index (χ1) is 27.7. The van der Waals surface area contributed by atoms with Gasteiger partial charge < -0.3 is 14.3 Å². The highest BCUT2D eigenvalue weighted by atomic mass is 16.3. The lowest BCUT2D eigenvalue weighted by atomic mass is 9.82. The van der Waals surface area contributed by atoms with Crippen molar-refractivity contribution >= 4 is 34.4 Å². The molecule has 1 aliphatic heterocycles. The molecule has 6 aliphatic carbocycles. The van der Waals surface area contributed by atoms with Crippen LogP contribution in [0.5, 0.6) is 0 Å². The largest absolute Gasteiger partial charge is 0.460 e. The van der Waals surface area contributed by atoms with Gasteiger partial charge in [0.05, 0.1) is 6.04 Å². The van der Waals surface area contributed by atoms with E-state index in [1.807, 2.05) is 0 Å². The molecule has 0 saturated carbocycles. The molecule has 7 aliphatic rings. The van der Waals surface area contributed by atoms with Gasteiger partial charge in [0.25, 0.3) is 0 Å². The minimum absolute atomic E-state index is 0.274. The zero-order chi connectivity index (χ0) is 37.0. The normalized spacial score (nSPS) is 26.0. The van der Waals surface area contributed by atoms with Crippen LogP contribution < -0.4 is 5.32 Å². The predicted octanol–water partition coefficient (Wildman–Crippen LogP) is 12.5. The molecule has 1 N–H and O–H groups in total. The number of furan rings is 1. The smallest absolute Gasteiger partial charge is 0.135 e. The van der Waals surface area contributed by atoms with Crippen LogP contribution >= 0.6 is 0 Å². The van der Waals surface area contributed by atoms with Crippen LogP contribution in [0.4, 0.5) is 0 Å². The van der Waals surface area contributed by atoms with Gasteiger partial charge in [-0.05, 0) is 115 Å². The molecule has 3 heterocycles. The van der Waals surface area contributed by atoms with E-state index in [-0.39, 0.29) is 6.04 Å². The molecule has 0 bridgehead atoms. The molecule has 2 aromatic carbocycles. The highest BCUT2D eigenvalue weighted by molar-refractivity contribution is 5.90. The molecule has 3 nitrogen and oxygen atoms in total. The Morgan fingerprint density at radius 1 is 0.696 bits per heavy atom. The summed E-state index contributed by atoms with van der Waals surface area (Å²) in [5.74, 6) is 2.66. The van der Waals surface area contributed by atoms with Gasteiger partial charge in [-0.1, -0.05) is 121 Å². The lowest BCUT2D eigenvalue weighted by molar-refractivity contribution is 0.484. The molecule has 56 heavy (non-hydrogen) atoms. The van der Waals surface area contributed by atoms with E-state index in [0.717, 1.165) is 56.3 Å². The molecule has 0 saturated heterocycles. The molecule has 2 aromatic heterocycles. The number of benzene rings is 2. The van der Waals surface area contributed by atoms with Crippen LogP contribution in [0.3, 0.4) is 0 Å². The van der Waals surface area contributed by atoms with Crippen molar-refractivity contribution in [2.24, 2.45) is 11.8 Å². The Hall–Kier alpha value is -5.54. The number of aromatic nitrogens is 1. The fourth-order valence-electron chi connectivity index (χ4n) is 10.5. The van der Waals surface area contributed by atoms with Gasteiger partial charge in [-0.15, -0.1) is 0 Å². The number of dihydropyridines is 1. The van der Waals surface area contributed by atoms with Crippen molar-refractivity contribution in [1.29, 1.82) is 0 Å². The first-order valence-electron chi connectivity index (χ1n) is 21.2. The van der Waals surface area contributed by atoms with E-state index in [9.17, 15) is 0 Å². The zero-order valence-corrected chi connectivity index (χ0v) is 32.2. The summed E-state index contributed by atoms with van der Waals surface area (Å²) >= 11 is 0. The van der Waals surface area contributed by atoms with Crippen LogP contribution in [0.15, 0.2) is 144 Å². The number of rotatable bonds is 6. The van der Waals surface area contributed by atoms with Gasteiger partial charge in [0.2, 0.25) is 0 Å². The maximum absolute atomic E-state index is 6.40. The van der Waals surface area contributed by atoms with Crippen molar-refractivity contribution in [3.8, 4) is 0 Å². The number of allylic oxidation sites excluding steroid dienone is 15. The molecule has 0 spiro atoms. The fourth-order valence-corrected chi connectivity index (χ4v) is 10.5. The summed E-state index contributed by atoms with van der Waals surface area (Å²) in [6.45, 7) is 0. The molecular weight excluding hydrogens is 681 g/mol. The van der Waals surface area contributed by atoms with Gasteiger partial charge in [0, 0.05) is 63.8 Å². The van der Waals surface area contributed by atoms with E-state index in [0.29, 0.717) is 23.7 Å². The van der Waals surface area contributed by atoms with Crippen molar-refractivity contribution in [1.82, 2.24) is 9.88 Å². The summed E-state index contributed by atoms with van der Waals surface area (Å²) in [5, 5.41) is 5.20. The lowest BCUT2D eigenvalue weighted by Gasteiger charge is -2.33. The van der Waals surface area contributed by atoms with Crippen molar-refractivity contribution in [2.45, 2.75) is 82.1 Å².